The zero-order chi connectivity index (χ0) is 8.36. The second kappa shape index (κ2) is 2.95. The SMILES string of the molecule is C[C@H](N)C(=O)OS(N)(=O)=O. The molecule has 0 radical (unpaired) electrons. The standard InChI is InChI=1S/C3H8N2O4S/c1-2(4)3(6)9-10(5,7)8/h2H,4H2,1H3,(H2,5,7,8)/t2-/m0/s1. The Morgan fingerprint density at radius 2 is 2.00 bits per heavy atom. The second-order valence-electron chi connectivity index (χ2n) is 1.68. The Kier molecular flexibility index (Phi) is 2.76. The molecular formula is C3H8N2O4S. The molecule has 7 heteroatoms. The minimum Gasteiger partial charge on any atom is -0.333 e. The van der Waals surface area contributed by atoms with Crippen molar-refractivity contribution >= 4 is 16.3 Å². The molecule has 0 saturated heterocycles. The van der Waals surface area contributed by atoms with Crippen LogP contribution in [0, 0.1) is 0 Å². The van der Waals surface area contributed by atoms with Crippen molar-refractivity contribution in [2.24, 2.45) is 10.9 Å². The number of nitrogens with two attached hydrogens (primary N) is 2. The first-order valence-corrected chi connectivity index (χ1v) is 3.81. The maximum atomic E-state index is 10.4. The summed E-state index contributed by atoms with van der Waals surface area (Å²) in [5.41, 5.74) is 4.95. The molecule has 0 aliphatic carbocycles. The van der Waals surface area contributed by atoms with Gasteiger partial charge in [-0.15, -0.1) is 0 Å². The molecule has 0 aromatic rings. The monoisotopic (exact) mass is 168 g/mol. The van der Waals surface area contributed by atoms with Gasteiger partial charge in [0.2, 0.25) is 0 Å². The van der Waals surface area contributed by atoms with E-state index in [1.54, 1.807) is 0 Å². The van der Waals surface area contributed by atoms with E-state index in [1.165, 1.54) is 6.92 Å². The van der Waals surface area contributed by atoms with E-state index in [-0.39, 0.29) is 0 Å². The highest BCUT2D eigenvalue weighted by Gasteiger charge is 2.14. The van der Waals surface area contributed by atoms with Crippen LogP contribution in [0.1, 0.15) is 6.92 Å². The summed E-state index contributed by atoms with van der Waals surface area (Å²) in [5, 5.41) is 4.35. The lowest BCUT2D eigenvalue weighted by molar-refractivity contribution is -0.134. The Morgan fingerprint density at radius 1 is 1.60 bits per heavy atom. The number of hydrogen-bond acceptors (Lipinski definition) is 5. The van der Waals surface area contributed by atoms with Crippen molar-refractivity contribution in [1.29, 1.82) is 0 Å². The average Bonchev–Trinajstić information content (AvgIpc) is 1.60. The summed E-state index contributed by atoms with van der Waals surface area (Å²) >= 11 is 0. The number of carbonyl (C=O) groups excluding carboxylic acids is 1. The van der Waals surface area contributed by atoms with Gasteiger partial charge in [-0.2, -0.15) is 13.6 Å². The predicted octanol–water partition coefficient (Wildman–Crippen LogP) is -1.92. The van der Waals surface area contributed by atoms with Crippen LogP contribution in [-0.2, 0) is 19.3 Å². The Bertz CT molecular complexity index is 219. The molecule has 0 unspecified atom stereocenters. The number of hydrogen-bond donors (Lipinski definition) is 2. The highest BCUT2D eigenvalue weighted by Crippen LogP contribution is 1.87. The van der Waals surface area contributed by atoms with E-state index in [9.17, 15) is 13.2 Å². The highest BCUT2D eigenvalue weighted by molar-refractivity contribution is 7.84. The number of rotatable bonds is 2. The van der Waals surface area contributed by atoms with Gasteiger partial charge in [0.05, 0.1) is 0 Å². The van der Waals surface area contributed by atoms with Gasteiger partial charge in [-0.1, -0.05) is 0 Å². The Hall–Kier alpha value is -0.660. The summed E-state index contributed by atoms with van der Waals surface area (Å²) in [4.78, 5) is 10.4. The van der Waals surface area contributed by atoms with Gasteiger partial charge < -0.3 is 9.92 Å². The van der Waals surface area contributed by atoms with Crippen molar-refractivity contribution in [1.82, 2.24) is 0 Å². The van der Waals surface area contributed by atoms with E-state index in [0.29, 0.717) is 0 Å². The second-order valence-corrected chi connectivity index (χ2v) is 2.84. The lowest BCUT2D eigenvalue weighted by atomic mass is 10.4. The Morgan fingerprint density at radius 3 is 2.10 bits per heavy atom. The molecule has 10 heavy (non-hydrogen) atoms. The highest BCUT2D eigenvalue weighted by atomic mass is 32.2. The lowest BCUT2D eigenvalue weighted by Gasteiger charge is -2.01. The minimum absolute atomic E-state index is 0.988. The van der Waals surface area contributed by atoms with Crippen molar-refractivity contribution in [3.63, 3.8) is 0 Å². The Labute approximate surface area is 58.4 Å². The van der Waals surface area contributed by atoms with Crippen molar-refractivity contribution in [2.45, 2.75) is 13.0 Å². The molecule has 0 aromatic carbocycles. The van der Waals surface area contributed by atoms with Crippen LogP contribution in [0.5, 0.6) is 0 Å². The third-order valence-electron chi connectivity index (χ3n) is 0.570. The van der Waals surface area contributed by atoms with E-state index >= 15 is 0 Å². The third kappa shape index (κ3) is 4.24. The Balaban J connectivity index is 4.07. The van der Waals surface area contributed by atoms with Gasteiger partial charge in [-0.05, 0) is 6.92 Å². The van der Waals surface area contributed by atoms with Crippen LogP contribution in [0.25, 0.3) is 0 Å². The van der Waals surface area contributed by atoms with Crippen molar-refractivity contribution < 1.29 is 17.4 Å². The topological polar surface area (TPSA) is 112 Å². The van der Waals surface area contributed by atoms with Gasteiger partial charge >= 0.3 is 16.3 Å². The molecule has 4 N–H and O–H groups in total. The van der Waals surface area contributed by atoms with Crippen molar-refractivity contribution in [3.05, 3.63) is 0 Å². The summed E-state index contributed by atoms with van der Waals surface area (Å²) in [7, 11) is -4.20. The van der Waals surface area contributed by atoms with Gasteiger partial charge in [0.25, 0.3) is 0 Å². The van der Waals surface area contributed by atoms with Crippen LogP contribution < -0.4 is 10.9 Å². The van der Waals surface area contributed by atoms with Crippen LogP contribution in [0.4, 0.5) is 0 Å². The fourth-order valence-electron chi connectivity index (χ4n) is 0.190. The van der Waals surface area contributed by atoms with E-state index in [1.807, 2.05) is 0 Å². The molecular weight excluding hydrogens is 160 g/mol. The summed E-state index contributed by atoms with van der Waals surface area (Å²) in [5.74, 6) is -1.07. The lowest BCUT2D eigenvalue weighted by Crippen LogP contribution is -2.32. The summed E-state index contributed by atoms with van der Waals surface area (Å²) in [6, 6.07) is -0.988. The molecule has 0 aromatic heterocycles. The summed E-state index contributed by atoms with van der Waals surface area (Å²) in [6.45, 7) is 1.29. The fourth-order valence-corrected chi connectivity index (χ4v) is 0.571. The maximum Gasteiger partial charge on any atom is 0.382 e. The van der Waals surface area contributed by atoms with Gasteiger partial charge in [0.1, 0.15) is 6.04 Å². The smallest absolute Gasteiger partial charge is 0.333 e. The van der Waals surface area contributed by atoms with Crippen LogP contribution in [-0.4, -0.2) is 20.4 Å². The van der Waals surface area contributed by atoms with Crippen LogP contribution in [0.3, 0.4) is 0 Å². The van der Waals surface area contributed by atoms with Crippen LogP contribution >= 0.6 is 0 Å². The van der Waals surface area contributed by atoms with E-state index in [0.717, 1.165) is 0 Å². The molecule has 0 aliphatic heterocycles. The van der Waals surface area contributed by atoms with E-state index in [2.05, 4.69) is 9.32 Å². The predicted molar refractivity (Wildman–Crippen MR) is 32.8 cm³/mol. The van der Waals surface area contributed by atoms with Gasteiger partial charge in [0.15, 0.2) is 0 Å². The van der Waals surface area contributed by atoms with Crippen LogP contribution in [0.2, 0.25) is 0 Å². The summed E-state index contributed by atoms with van der Waals surface area (Å²) < 4.78 is 23.7. The first-order valence-electron chi connectivity index (χ1n) is 2.34. The van der Waals surface area contributed by atoms with E-state index < -0.39 is 22.3 Å². The largest absolute Gasteiger partial charge is 0.382 e. The molecule has 0 heterocycles. The van der Waals surface area contributed by atoms with E-state index in [4.69, 9.17) is 5.73 Å². The molecule has 0 fully saturated rings. The molecule has 0 aliphatic rings. The minimum atomic E-state index is -4.20. The van der Waals surface area contributed by atoms with Gasteiger partial charge in [0, 0.05) is 0 Å². The first-order chi connectivity index (χ1) is 4.33. The average molecular weight is 168 g/mol. The molecule has 0 bridgehead atoms. The molecule has 1 atom stereocenters. The zero-order valence-corrected chi connectivity index (χ0v) is 6.09. The first kappa shape index (κ1) is 9.34. The molecule has 0 rings (SSSR count). The molecule has 60 valence electrons. The van der Waals surface area contributed by atoms with Gasteiger partial charge in [-0.3, -0.25) is 0 Å². The molecule has 0 amide bonds. The van der Waals surface area contributed by atoms with Crippen molar-refractivity contribution in [3.8, 4) is 0 Å². The fraction of sp³-hybridized carbons (Fsp3) is 0.667. The maximum absolute atomic E-state index is 10.4. The molecule has 6 nitrogen and oxygen atoms in total. The quantitative estimate of drug-likeness (QED) is 0.499. The molecule has 0 saturated carbocycles. The van der Waals surface area contributed by atoms with Gasteiger partial charge in [-0.25, -0.2) is 4.79 Å². The zero-order valence-electron chi connectivity index (χ0n) is 5.27. The van der Waals surface area contributed by atoms with Crippen molar-refractivity contribution in [2.75, 3.05) is 0 Å². The third-order valence-corrected chi connectivity index (χ3v) is 0.967. The normalized spacial score (nSPS) is 14.3. The van der Waals surface area contributed by atoms with Crippen LogP contribution in [0.15, 0.2) is 0 Å². The molecule has 0 spiro atoms. The summed E-state index contributed by atoms with van der Waals surface area (Å²) in [6.07, 6.45) is 0. The number of carbonyl (C=O) groups is 1.